The highest BCUT2D eigenvalue weighted by Crippen LogP contribution is 2.32. The Bertz CT molecular complexity index is 1240. The average Bonchev–Trinajstić information content (AvgIpc) is 3.24. The van der Waals surface area contributed by atoms with Crippen LogP contribution in [0.2, 0.25) is 5.02 Å². The summed E-state index contributed by atoms with van der Waals surface area (Å²) in [5.41, 5.74) is 2.06. The molecule has 158 valence electrons. The second kappa shape index (κ2) is 8.17. The minimum atomic E-state index is -0.534. The van der Waals surface area contributed by atoms with Gasteiger partial charge in [0.2, 0.25) is 5.95 Å². The van der Waals surface area contributed by atoms with E-state index in [1.54, 1.807) is 23.0 Å². The van der Waals surface area contributed by atoms with Crippen molar-refractivity contribution in [2.75, 3.05) is 18.0 Å². The van der Waals surface area contributed by atoms with Crippen LogP contribution in [-0.4, -0.2) is 37.9 Å². The molecule has 1 unspecified atom stereocenters. The molecule has 2 aromatic carbocycles. The van der Waals surface area contributed by atoms with Crippen molar-refractivity contribution in [1.29, 1.82) is 0 Å². The summed E-state index contributed by atoms with van der Waals surface area (Å²) < 4.78 is 1.69. The van der Waals surface area contributed by atoms with Gasteiger partial charge >= 0.3 is 0 Å². The lowest BCUT2D eigenvalue weighted by Gasteiger charge is -2.34. The van der Waals surface area contributed by atoms with Crippen LogP contribution in [0.5, 0.6) is 0 Å². The highest BCUT2D eigenvalue weighted by Gasteiger charge is 2.27. The summed E-state index contributed by atoms with van der Waals surface area (Å²) in [7, 11) is 0. The van der Waals surface area contributed by atoms with Crippen LogP contribution >= 0.6 is 11.6 Å². The van der Waals surface area contributed by atoms with Crippen LogP contribution < -0.4 is 10.5 Å². The number of aliphatic hydroxyl groups excluding tert-OH is 1. The maximum absolute atomic E-state index is 12.6. The summed E-state index contributed by atoms with van der Waals surface area (Å²) >= 11 is 5.95. The average molecular weight is 436 g/mol. The van der Waals surface area contributed by atoms with Crippen LogP contribution in [0.1, 0.15) is 24.5 Å². The minimum Gasteiger partial charge on any atom is -0.388 e. The molecule has 0 amide bonds. The van der Waals surface area contributed by atoms with Crippen LogP contribution in [0.3, 0.4) is 0 Å². The molecule has 1 aliphatic rings. The number of piperidine rings is 1. The quantitative estimate of drug-likeness (QED) is 0.510. The van der Waals surface area contributed by atoms with Gasteiger partial charge in [0, 0.05) is 18.1 Å². The first-order valence-corrected chi connectivity index (χ1v) is 10.7. The van der Waals surface area contributed by atoms with Crippen LogP contribution in [0.15, 0.2) is 65.6 Å². The Kier molecular flexibility index (Phi) is 5.21. The standard InChI is InChI=1S/C23H22ClN5O2/c24-17-8-6-15(7-9-17)20(30)16-10-12-28(13-11-16)23-26-21-19(22(31)27-23)14-25-29(21)18-4-2-1-3-5-18/h1-9,14,16,20,30H,10-13H2,(H,26,27,31). The van der Waals surface area contributed by atoms with Crippen molar-refractivity contribution in [2.45, 2.75) is 18.9 Å². The van der Waals surface area contributed by atoms with Crippen molar-refractivity contribution in [3.63, 3.8) is 0 Å². The first kappa shape index (κ1) is 19.8. The zero-order valence-electron chi connectivity index (χ0n) is 16.8. The van der Waals surface area contributed by atoms with E-state index >= 15 is 0 Å². The third-order valence-corrected chi connectivity index (χ3v) is 6.18. The molecule has 1 fully saturated rings. The topological polar surface area (TPSA) is 87.0 Å². The van der Waals surface area contributed by atoms with Gasteiger partial charge in [-0.25, -0.2) is 4.68 Å². The van der Waals surface area contributed by atoms with Gasteiger partial charge in [0.05, 0.1) is 18.0 Å². The summed E-state index contributed by atoms with van der Waals surface area (Å²) in [6.07, 6.45) is 2.60. The Hall–Kier alpha value is -3.16. The summed E-state index contributed by atoms with van der Waals surface area (Å²) in [5, 5.41) is 16.2. The van der Waals surface area contributed by atoms with E-state index in [-0.39, 0.29) is 11.5 Å². The van der Waals surface area contributed by atoms with E-state index in [0.717, 1.165) is 24.1 Å². The van der Waals surface area contributed by atoms with E-state index in [1.165, 1.54) is 0 Å². The molecular formula is C23H22ClN5O2. The lowest BCUT2D eigenvalue weighted by atomic mass is 9.87. The molecule has 31 heavy (non-hydrogen) atoms. The van der Waals surface area contributed by atoms with E-state index < -0.39 is 6.10 Å². The molecule has 8 heteroatoms. The van der Waals surface area contributed by atoms with Gasteiger partial charge in [0.1, 0.15) is 5.39 Å². The first-order chi connectivity index (χ1) is 15.1. The number of aromatic nitrogens is 4. The van der Waals surface area contributed by atoms with Gasteiger partial charge in [-0.05, 0) is 48.6 Å². The number of fused-ring (bicyclic) bond motifs is 1. The molecule has 0 spiro atoms. The smallest absolute Gasteiger partial charge is 0.263 e. The number of nitrogens with zero attached hydrogens (tertiary/aromatic N) is 4. The number of hydrogen-bond donors (Lipinski definition) is 2. The number of aliphatic hydroxyl groups is 1. The zero-order chi connectivity index (χ0) is 21.4. The van der Waals surface area contributed by atoms with Crippen molar-refractivity contribution >= 4 is 28.6 Å². The van der Waals surface area contributed by atoms with Crippen LogP contribution in [0.4, 0.5) is 5.95 Å². The predicted molar refractivity (Wildman–Crippen MR) is 121 cm³/mol. The fourth-order valence-corrected chi connectivity index (χ4v) is 4.30. The molecule has 0 bridgehead atoms. The zero-order valence-corrected chi connectivity index (χ0v) is 17.5. The van der Waals surface area contributed by atoms with E-state index in [2.05, 4.69) is 15.0 Å². The number of halogens is 1. The second-order valence-electron chi connectivity index (χ2n) is 7.84. The van der Waals surface area contributed by atoms with Gasteiger partial charge in [-0.3, -0.25) is 9.78 Å². The molecule has 4 aromatic rings. The van der Waals surface area contributed by atoms with Gasteiger partial charge < -0.3 is 10.0 Å². The molecule has 2 N–H and O–H groups in total. The minimum absolute atomic E-state index is 0.141. The fraction of sp³-hybridized carbons (Fsp3) is 0.261. The van der Waals surface area contributed by atoms with E-state index in [4.69, 9.17) is 16.6 Å². The van der Waals surface area contributed by atoms with Gasteiger partial charge in [0.15, 0.2) is 5.65 Å². The number of benzene rings is 2. The largest absolute Gasteiger partial charge is 0.388 e. The first-order valence-electron chi connectivity index (χ1n) is 10.3. The molecule has 5 rings (SSSR count). The van der Waals surface area contributed by atoms with Crippen LogP contribution in [-0.2, 0) is 0 Å². The Morgan fingerprint density at radius 3 is 2.48 bits per heavy atom. The van der Waals surface area contributed by atoms with Gasteiger partial charge in [-0.1, -0.05) is 41.9 Å². The number of nitrogens with one attached hydrogen (secondary N) is 1. The summed E-state index contributed by atoms with van der Waals surface area (Å²) in [5.74, 6) is 0.678. The summed E-state index contributed by atoms with van der Waals surface area (Å²) in [4.78, 5) is 22.3. The molecule has 3 heterocycles. The third kappa shape index (κ3) is 3.82. The molecule has 7 nitrogen and oxygen atoms in total. The number of hydrogen-bond acceptors (Lipinski definition) is 5. The van der Waals surface area contributed by atoms with Crippen molar-refractivity contribution < 1.29 is 5.11 Å². The highest BCUT2D eigenvalue weighted by molar-refractivity contribution is 6.30. The maximum Gasteiger partial charge on any atom is 0.263 e. The molecule has 1 aliphatic heterocycles. The lowest BCUT2D eigenvalue weighted by Crippen LogP contribution is -2.37. The van der Waals surface area contributed by atoms with E-state index in [0.29, 0.717) is 35.1 Å². The van der Waals surface area contributed by atoms with E-state index in [1.807, 2.05) is 42.5 Å². The van der Waals surface area contributed by atoms with Gasteiger partial charge in [0.25, 0.3) is 5.56 Å². The fourth-order valence-electron chi connectivity index (χ4n) is 4.17. The number of aromatic amines is 1. The number of rotatable bonds is 4. The maximum atomic E-state index is 12.6. The summed E-state index contributed by atoms with van der Waals surface area (Å²) in [6.45, 7) is 1.40. The lowest BCUT2D eigenvalue weighted by molar-refractivity contribution is 0.0928. The van der Waals surface area contributed by atoms with Crippen molar-refractivity contribution in [1.82, 2.24) is 19.7 Å². The Labute approximate surface area is 183 Å². The van der Waals surface area contributed by atoms with E-state index in [9.17, 15) is 9.90 Å². The van der Waals surface area contributed by atoms with Crippen LogP contribution in [0.25, 0.3) is 16.7 Å². The van der Waals surface area contributed by atoms with Crippen molar-refractivity contribution in [3.8, 4) is 5.69 Å². The number of H-pyrrole nitrogens is 1. The number of para-hydroxylation sites is 1. The van der Waals surface area contributed by atoms with Gasteiger partial charge in [-0.15, -0.1) is 0 Å². The molecule has 1 saturated heterocycles. The Morgan fingerprint density at radius 1 is 1.06 bits per heavy atom. The predicted octanol–water partition coefficient (Wildman–Crippen LogP) is 3.71. The monoisotopic (exact) mass is 435 g/mol. The van der Waals surface area contributed by atoms with Crippen molar-refractivity contribution in [3.05, 3.63) is 81.7 Å². The van der Waals surface area contributed by atoms with Crippen LogP contribution in [0, 0.1) is 5.92 Å². The third-order valence-electron chi connectivity index (χ3n) is 5.92. The van der Waals surface area contributed by atoms with Gasteiger partial charge in [-0.2, -0.15) is 10.1 Å². The molecule has 1 atom stereocenters. The molecule has 0 aliphatic carbocycles. The normalized spacial score (nSPS) is 16.0. The molecular weight excluding hydrogens is 414 g/mol. The Morgan fingerprint density at radius 2 is 1.77 bits per heavy atom. The molecule has 0 radical (unpaired) electrons. The Balaban J connectivity index is 1.37. The second-order valence-corrected chi connectivity index (χ2v) is 8.28. The molecule has 2 aromatic heterocycles. The SMILES string of the molecule is O=c1[nH]c(N2CCC(C(O)c3ccc(Cl)cc3)CC2)nc2c1cnn2-c1ccccc1. The summed E-state index contributed by atoms with van der Waals surface area (Å²) in [6, 6.07) is 17.0. The highest BCUT2D eigenvalue weighted by atomic mass is 35.5. The number of anilines is 1. The molecule has 0 saturated carbocycles. The van der Waals surface area contributed by atoms with Crippen molar-refractivity contribution in [2.24, 2.45) is 5.92 Å².